The van der Waals surface area contributed by atoms with E-state index in [-0.39, 0.29) is 17.5 Å². The average Bonchev–Trinajstić information content (AvgIpc) is 3.00. The molecule has 1 aromatic heterocycles. The minimum absolute atomic E-state index is 0.0227. The molecule has 2 heterocycles. The summed E-state index contributed by atoms with van der Waals surface area (Å²) in [5.41, 5.74) is 1.90. The standard InChI is InChI=1S/C23H22F3N5O/c24-23(25,26)17-7-4-8-18(13-17)29-22-28-14-19-20(30-22)15-31(12-11-27-19)21(32)10-9-16-5-2-1-3-6-16/h1-8,13-14,27H,9-12,15H2,(H,28,29,30). The molecule has 0 aliphatic carbocycles. The van der Waals surface area contributed by atoms with Gasteiger partial charge >= 0.3 is 6.18 Å². The fourth-order valence-corrected chi connectivity index (χ4v) is 3.50. The maximum absolute atomic E-state index is 13.0. The van der Waals surface area contributed by atoms with Gasteiger partial charge in [-0.3, -0.25) is 4.79 Å². The van der Waals surface area contributed by atoms with Crippen LogP contribution < -0.4 is 10.6 Å². The van der Waals surface area contributed by atoms with E-state index in [1.54, 1.807) is 11.1 Å². The van der Waals surface area contributed by atoms with E-state index in [9.17, 15) is 18.0 Å². The topological polar surface area (TPSA) is 70.2 Å². The Labute approximate surface area is 183 Å². The number of halogens is 3. The number of aromatic nitrogens is 2. The monoisotopic (exact) mass is 441 g/mol. The molecule has 0 saturated carbocycles. The van der Waals surface area contributed by atoms with Gasteiger partial charge in [0.05, 0.1) is 29.7 Å². The molecule has 0 fully saturated rings. The Balaban J connectivity index is 1.46. The summed E-state index contributed by atoms with van der Waals surface area (Å²) in [4.78, 5) is 23.2. The molecule has 0 unspecified atom stereocenters. The molecule has 0 atom stereocenters. The van der Waals surface area contributed by atoms with E-state index in [4.69, 9.17) is 0 Å². The van der Waals surface area contributed by atoms with Crippen LogP contribution in [-0.4, -0.2) is 33.9 Å². The summed E-state index contributed by atoms with van der Waals surface area (Å²) in [6.07, 6.45) is -1.81. The van der Waals surface area contributed by atoms with Gasteiger partial charge in [-0.2, -0.15) is 13.2 Å². The number of nitrogens with zero attached hydrogens (tertiary/aromatic N) is 3. The first kappa shape index (κ1) is 21.6. The van der Waals surface area contributed by atoms with Gasteiger partial charge in [0, 0.05) is 25.2 Å². The van der Waals surface area contributed by atoms with Crippen LogP contribution in [-0.2, 0) is 23.9 Å². The van der Waals surface area contributed by atoms with Gasteiger partial charge in [0.1, 0.15) is 0 Å². The zero-order valence-electron chi connectivity index (χ0n) is 17.2. The Morgan fingerprint density at radius 1 is 1.12 bits per heavy atom. The van der Waals surface area contributed by atoms with Crippen molar-refractivity contribution in [1.82, 2.24) is 14.9 Å². The Hall–Kier alpha value is -3.62. The quantitative estimate of drug-likeness (QED) is 0.604. The highest BCUT2D eigenvalue weighted by molar-refractivity contribution is 5.77. The van der Waals surface area contributed by atoms with Crippen LogP contribution in [0.4, 0.5) is 30.5 Å². The number of carbonyl (C=O) groups excluding carboxylic acids is 1. The smallest absolute Gasteiger partial charge is 0.380 e. The highest BCUT2D eigenvalue weighted by Crippen LogP contribution is 2.31. The van der Waals surface area contributed by atoms with Crippen molar-refractivity contribution in [2.24, 2.45) is 0 Å². The van der Waals surface area contributed by atoms with Crippen molar-refractivity contribution in [2.75, 3.05) is 23.7 Å². The fraction of sp³-hybridized carbons (Fsp3) is 0.261. The molecule has 6 nitrogen and oxygen atoms in total. The van der Waals surface area contributed by atoms with Crippen LogP contribution in [0.3, 0.4) is 0 Å². The van der Waals surface area contributed by atoms with E-state index in [1.165, 1.54) is 12.1 Å². The van der Waals surface area contributed by atoms with E-state index < -0.39 is 11.7 Å². The second-order valence-electron chi connectivity index (χ2n) is 7.49. The van der Waals surface area contributed by atoms with Crippen LogP contribution in [0, 0.1) is 0 Å². The number of hydrogen-bond acceptors (Lipinski definition) is 5. The van der Waals surface area contributed by atoms with Gasteiger partial charge in [-0.25, -0.2) is 9.97 Å². The molecule has 2 N–H and O–H groups in total. The van der Waals surface area contributed by atoms with Crippen LogP contribution in [0.25, 0.3) is 0 Å². The summed E-state index contributed by atoms with van der Waals surface area (Å²) in [6, 6.07) is 14.7. The summed E-state index contributed by atoms with van der Waals surface area (Å²) in [7, 11) is 0. The minimum atomic E-state index is -4.43. The fourth-order valence-electron chi connectivity index (χ4n) is 3.50. The number of benzene rings is 2. The summed E-state index contributed by atoms with van der Waals surface area (Å²) in [5, 5.41) is 6.03. The number of alkyl halides is 3. The lowest BCUT2D eigenvalue weighted by Crippen LogP contribution is -2.33. The molecule has 4 rings (SSSR count). The number of amides is 1. The van der Waals surface area contributed by atoms with Crippen molar-refractivity contribution in [3.8, 4) is 0 Å². The summed E-state index contributed by atoms with van der Waals surface area (Å²) in [5.74, 6) is 0.193. The second kappa shape index (κ2) is 9.25. The van der Waals surface area contributed by atoms with Crippen LogP contribution >= 0.6 is 0 Å². The largest absolute Gasteiger partial charge is 0.416 e. The number of hydrogen-bond donors (Lipinski definition) is 2. The first-order valence-corrected chi connectivity index (χ1v) is 10.2. The van der Waals surface area contributed by atoms with Crippen molar-refractivity contribution < 1.29 is 18.0 Å². The molecule has 0 saturated heterocycles. The molecule has 9 heteroatoms. The minimum Gasteiger partial charge on any atom is -0.380 e. The SMILES string of the molecule is O=C(CCc1ccccc1)N1CCNc2cnc(Nc3cccc(C(F)(F)F)c3)nc2C1. The van der Waals surface area contributed by atoms with Crippen LogP contribution in [0.1, 0.15) is 23.2 Å². The highest BCUT2D eigenvalue weighted by Gasteiger charge is 2.30. The number of anilines is 3. The van der Waals surface area contributed by atoms with Gasteiger partial charge in [-0.05, 0) is 30.2 Å². The zero-order chi connectivity index (χ0) is 22.6. The molecule has 0 bridgehead atoms. The average molecular weight is 441 g/mol. The van der Waals surface area contributed by atoms with Gasteiger partial charge in [0.15, 0.2) is 0 Å². The van der Waals surface area contributed by atoms with Crippen LogP contribution in [0.5, 0.6) is 0 Å². The number of carbonyl (C=O) groups is 1. The van der Waals surface area contributed by atoms with Crippen molar-refractivity contribution in [1.29, 1.82) is 0 Å². The summed E-state index contributed by atoms with van der Waals surface area (Å²) >= 11 is 0. The number of fused-ring (bicyclic) bond motifs is 1. The third-order valence-electron chi connectivity index (χ3n) is 5.17. The van der Waals surface area contributed by atoms with Gasteiger partial charge in [0.25, 0.3) is 0 Å². The second-order valence-corrected chi connectivity index (χ2v) is 7.49. The van der Waals surface area contributed by atoms with Gasteiger partial charge in [-0.15, -0.1) is 0 Å². The lowest BCUT2D eigenvalue weighted by atomic mass is 10.1. The molecule has 0 spiro atoms. The number of aryl methyl sites for hydroxylation is 1. The van der Waals surface area contributed by atoms with Crippen molar-refractivity contribution in [3.63, 3.8) is 0 Å². The molecule has 32 heavy (non-hydrogen) atoms. The zero-order valence-corrected chi connectivity index (χ0v) is 17.2. The Bertz CT molecular complexity index is 1090. The lowest BCUT2D eigenvalue weighted by molar-refractivity contribution is -0.137. The van der Waals surface area contributed by atoms with E-state index >= 15 is 0 Å². The molecule has 3 aromatic rings. The van der Waals surface area contributed by atoms with Gasteiger partial charge in [-0.1, -0.05) is 36.4 Å². The molecule has 0 radical (unpaired) electrons. The maximum Gasteiger partial charge on any atom is 0.416 e. The van der Waals surface area contributed by atoms with Crippen LogP contribution in [0.2, 0.25) is 0 Å². The molecular formula is C23H22F3N5O. The van der Waals surface area contributed by atoms with E-state index in [0.29, 0.717) is 43.9 Å². The molecule has 2 aromatic carbocycles. The molecule has 1 amide bonds. The predicted octanol–water partition coefficient (Wildman–Crippen LogP) is 4.63. The number of nitrogens with one attached hydrogen (secondary N) is 2. The summed E-state index contributed by atoms with van der Waals surface area (Å²) < 4.78 is 38.9. The molecule has 166 valence electrons. The summed E-state index contributed by atoms with van der Waals surface area (Å²) in [6.45, 7) is 1.39. The molecular weight excluding hydrogens is 419 g/mol. The predicted molar refractivity (Wildman–Crippen MR) is 115 cm³/mol. The van der Waals surface area contributed by atoms with Gasteiger partial charge in [0.2, 0.25) is 11.9 Å². The first-order valence-electron chi connectivity index (χ1n) is 10.2. The maximum atomic E-state index is 13.0. The third kappa shape index (κ3) is 5.35. The van der Waals surface area contributed by atoms with Crippen molar-refractivity contribution in [3.05, 3.63) is 77.6 Å². The van der Waals surface area contributed by atoms with Crippen LogP contribution in [0.15, 0.2) is 60.8 Å². The Kier molecular flexibility index (Phi) is 6.25. The highest BCUT2D eigenvalue weighted by atomic mass is 19.4. The Morgan fingerprint density at radius 2 is 1.94 bits per heavy atom. The third-order valence-corrected chi connectivity index (χ3v) is 5.17. The Morgan fingerprint density at radius 3 is 2.72 bits per heavy atom. The van der Waals surface area contributed by atoms with Crippen molar-refractivity contribution >= 4 is 23.2 Å². The molecule has 1 aliphatic rings. The van der Waals surface area contributed by atoms with E-state index in [0.717, 1.165) is 17.7 Å². The molecule has 1 aliphatic heterocycles. The first-order chi connectivity index (χ1) is 15.4. The normalized spacial score (nSPS) is 13.7. The van der Waals surface area contributed by atoms with E-state index in [1.807, 2.05) is 30.3 Å². The lowest BCUT2D eigenvalue weighted by Gasteiger charge is -2.20. The number of rotatable bonds is 5. The van der Waals surface area contributed by atoms with Crippen molar-refractivity contribution in [2.45, 2.75) is 25.6 Å². The van der Waals surface area contributed by atoms with Gasteiger partial charge < -0.3 is 15.5 Å². The van der Waals surface area contributed by atoms with E-state index in [2.05, 4.69) is 20.6 Å².